The molecule has 0 radical (unpaired) electrons. The molecule has 1 saturated heterocycles. The quantitative estimate of drug-likeness (QED) is 0.636. The second-order valence-corrected chi connectivity index (χ2v) is 7.30. The van der Waals surface area contributed by atoms with Crippen LogP contribution in [0.2, 0.25) is 5.02 Å². The summed E-state index contributed by atoms with van der Waals surface area (Å²) < 4.78 is 5.63. The molecule has 1 N–H and O–H groups in total. The predicted octanol–water partition coefficient (Wildman–Crippen LogP) is 3.78. The first-order chi connectivity index (χ1) is 11.9. The molecule has 2 rings (SSSR count). The molecule has 1 aromatic rings. The van der Waals surface area contributed by atoms with Gasteiger partial charge in [-0.2, -0.15) is 0 Å². The fraction of sp³-hybridized carbons (Fsp3) is 0.579. The monoisotopic (exact) mass is 367 g/mol. The third kappa shape index (κ3) is 4.95. The first-order valence-corrected chi connectivity index (χ1v) is 9.32. The van der Waals surface area contributed by atoms with Gasteiger partial charge in [0.25, 0.3) is 5.91 Å². The van der Waals surface area contributed by atoms with E-state index in [0.29, 0.717) is 22.8 Å². The molecule has 0 unspecified atom stereocenters. The molecule has 1 aliphatic heterocycles. The average molecular weight is 368 g/mol. The number of hydrogen-bond donors (Lipinski definition) is 1. The lowest BCUT2D eigenvalue weighted by Gasteiger charge is -2.36. The van der Waals surface area contributed by atoms with Gasteiger partial charge in [0.05, 0.1) is 38.0 Å². The number of benzene rings is 1. The van der Waals surface area contributed by atoms with Gasteiger partial charge >= 0.3 is 5.97 Å². The molecule has 25 heavy (non-hydrogen) atoms. The Morgan fingerprint density at radius 1 is 1.20 bits per heavy atom. The number of anilines is 1. The van der Waals surface area contributed by atoms with E-state index in [1.165, 1.54) is 26.0 Å². The lowest BCUT2D eigenvalue weighted by Crippen LogP contribution is -2.52. The smallest absolute Gasteiger partial charge is 0.340 e. The number of hydrogen-bond acceptors (Lipinski definition) is 3. The summed E-state index contributed by atoms with van der Waals surface area (Å²) in [6.45, 7) is 7.41. The van der Waals surface area contributed by atoms with Crippen LogP contribution in [0.5, 0.6) is 0 Å². The van der Waals surface area contributed by atoms with E-state index in [-0.39, 0.29) is 5.91 Å². The van der Waals surface area contributed by atoms with Crippen molar-refractivity contribution in [3.63, 3.8) is 0 Å². The zero-order valence-electron chi connectivity index (χ0n) is 15.4. The van der Waals surface area contributed by atoms with Crippen LogP contribution in [0.4, 0.5) is 5.69 Å². The number of likely N-dealkylation sites (tertiary alicyclic amines) is 1. The van der Waals surface area contributed by atoms with Crippen LogP contribution in [-0.2, 0) is 9.53 Å². The Morgan fingerprint density at radius 2 is 1.84 bits per heavy atom. The van der Waals surface area contributed by atoms with Gasteiger partial charge in [-0.1, -0.05) is 11.6 Å². The van der Waals surface area contributed by atoms with E-state index in [2.05, 4.69) is 12.2 Å². The zero-order valence-corrected chi connectivity index (χ0v) is 16.1. The number of carbonyl (C=O) groups excluding carboxylic acids is 2. The molecule has 6 heteroatoms. The van der Waals surface area contributed by atoms with Gasteiger partial charge in [-0.05, 0) is 57.2 Å². The van der Waals surface area contributed by atoms with Crippen molar-refractivity contribution in [1.82, 2.24) is 0 Å². The minimum Gasteiger partial charge on any atom is -0.465 e. The highest BCUT2D eigenvalue weighted by Gasteiger charge is 2.30. The Bertz CT molecular complexity index is 638. The molecule has 0 aliphatic carbocycles. The molecule has 0 spiro atoms. The summed E-state index contributed by atoms with van der Waals surface area (Å²) in [4.78, 5) is 24.8. The first kappa shape index (κ1) is 19.7. The minimum atomic E-state index is -0.505. The molecule has 138 valence electrons. The Balaban J connectivity index is 2.21. The van der Waals surface area contributed by atoms with Crippen LogP contribution >= 0.6 is 11.6 Å². The first-order valence-electron chi connectivity index (χ1n) is 8.94. The highest BCUT2D eigenvalue weighted by molar-refractivity contribution is 6.31. The van der Waals surface area contributed by atoms with Gasteiger partial charge in [0.2, 0.25) is 0 Å². The van der Waals surface area contributed by atoms with Crippen molar-refractivity contribution in [1.29, 1.82) is 0 Å². The van der Waals surface area contributed by atoms with E-state index in [4.69, 9.17) is 16.3 Å². The molecular formula is C19H28ClN2O3+. The highest BCUT2D eigenvalue weighted by Crippen LogP contribution is 2.27. The van der Waals surface area contributed by atoms with Crippen LogP contribution < -0.4 is 5.32 Å². The topological polar surface area (TPSA) is 55.4 Å². The fourth-order valence-corrected chi connectivity index (χ4v) is 3.88. The number of nitrogens with zero attached hydrogens (tertiary/aromatic N) is 1. The number of esters is 1. The molecule has 1 amide bonds. The number of likely N-dealkylation sites (N-methyl/N-ethyl adjacent to an activating group) is 1. The summed E-state index contributed by atoms with van der Waals surface area (Å²) in [6.07, 6.45) is 4.80. The number of methoxy groups -OCH3 is 1. The van der Waals surface area contributed by atoms with E-state index in [0.717, 1.165) is 42.5 Å². The number of halogens is 1. The van der Waals surface area contributed by atoms with Crippen molar-refractivity contribution in [2.45, 2.75) is 39.5 Å². The molecule has 1 aromatic carbocycles. The molecule has 1 aliphatic rings. The number of nitrogens with one attached hydrogen (secondary N) is 1. The van der Waals surface area contributed by atoms with Crippen molar-refractivity contribution in [2.24, 2.45) is 0 Å². The Morgan fingerprint density at radius 3 is 2.40 bits per heavy atom. The summed E-state index contributed by atoms with van der Waals surface area (Å²) >= 11 is 6.05. The fourth-order valence-electron chi connectivity index (χ4n) is 3.61. The molecule has 1 fully saturated rings. The van der Waals surface area contributed by atoms with Crippen LogP contribution in [0.1, 0.15) is 48.5 Å². The van der Waals surface area contributed by atoms with Gasteiger partial charge in [0.15, 0.2) is 6.54 Å². The van der Waals surface area contributed by atoms with Gasteiger partial charge in [0, 0.05) is 5.02 Å². The van der Waals surface area contributed by atoms with E-state index in [1.54, 1.807) is 6.07 Å². The van der Waals surface area contributed by atoms with Crippen molar-refractivity contribution < 1.29 is 18.8 Å². The lowest BCUT2D eigenvalue weighted by molar-refractivity contribution is -0.918. The van der Waals surface area contributed by atoms with Gasteiger partial charge < -0.3 is 14.5 Å². The van der Waals surface area contributed by atoms with Crippen LogP contribution in [0.3, 0.4) is 0 Å². The van der Waals surface area contributed by atoms with Crippen molar-refractivity contribution in [3.05, 3.63) is 28.3 Å². The maximum absolute atomic E-state index is 12.7. The van der Waals surface area contributed by atoms with E-state index >= 15 is 0 Å². The lowest BCUT2D eigenvalue weighted by atomic mass is 10.1. The zero-order chi connectivity index (χ0) is 18.4. The number of carbonyl (C=O) groups is 2. The van der Waals surface area contributed by atoms with Gasteiger partial charge in [0.1, 0.15) is 0 Å². The van der Waals surface area contributed by atoms with Crippen LogP contribution in [-0.4, -0.2) is 49.6 Å². The number of quaternary nitrogens is 1. The Kier molecular flexibility index (Phi) is 6.85. The normalized spacial score (nSPS) is 16.8. The molecule has 0 aromatic heterocycles. The largest absolute Gasteiger partial charge is 0.465 e. The standard InChI is InChI=1S/C19H27ClN2O3/c1-4-22(9-7-5-6-8-10-22)13-17(23)21-18-14(2)11-15(20)12-16(18)19(24)25-3/h11-12H,4-10,13H2,1-3H3/p+1. The minimum absolute atomic E-state index is 0.0701. The average Bonchev–Trinajstić information content (AvgIpc) is 2.82. The SMILES string of the molecule is CC[N+]1(CC(=O)Nc2c(C)cc(Cl)cc2C(=O)OC)CCCCCC1. The van der Waals surface area contributed by atoms with Crippen LogP contribution in [0.25, 0.3) is 0 Å². The van der Waals surface area contributed by atoms with Crippen molar-refractivity contribution >= 4 is 29.2 Å². The number of rotatable bonds is 5. The number of amides is 1. The second-order valence-electron chi connectivity index (χ2n) is 6.86. The Hall–Kier alpha value is -1.59. The molecule has 0 saturated carbocycles. The van der Waals surface area contributed by atoms with Gasteiger partial charge in [-0.15, -0.1) is 0 Å². The van der Waals surface area contributed by atoms with E-state index in [1.807, 2.05) is 6.92 Å². The summed E-state index contributed by atoms with van der Waals surface area (Å²) in [5.74, 6) is -0.575. The summed E-state index contributed by atoms with van der Waals surface area (Å²) in [6, 6.07) is 3.27. The Labute approximate surface area is 154 Å². The van der Waals surface area contributed by atoms with Crippen molar-refractivity contribution in [2.75, 3.05) is 38.6 Å². The van der Waals surface area contributed by atoms with Gasteiger partial charge in [-0.3, -0.25) is 4.79 Å². The molecule has 1 heterocycles. The maximum Gasteiger partial charge on any atom is 0.340 e. The van der Waals surface area contributed by atoms with Crippen LogP contribution in [0, 0.1) is 6.92 Å². The number of ether oxygens (including phenoxy) is 1. The molecule has 5 nitrogen and oxygen atoms in total. The molecular weight excluding hydrogens is 340 g/mol. The second kappa shape index (κ2) is 8.68. The van der Waals surface area contributed by atoms with Crippen molar-refractivity contribution in [3.8, 4) is 0 Å². The van der Waals surface area contributed by atoms with Gasteiger partial charge in [-0.25, -0.2) is 4.79 Å². The van der Waals surface area contributed by atoms with E-state index in [9.17, 15) is 9.59 Å². The summed E-state index contributed by atoms with van der Waals surface area (Å²) in [7, 11) is 1.32. The molecule has 0 bridgehead atoms. The van der Waals surface area contributed by atoms with E-state index < -0.39 is 5.97 Å². The third-order valence-corrected chi connectivity index (χ3v) is 5.35. The van der Waals surface area contributed by atoms with Crippen LogP contribution in [0.15, 0.2) is 12.1 Å². The number of aryl methyl sites for hydroxylation is 1. The summed E-state index contributed by atoms with van der Waals surface area (Å²) in [5.41, 5.74) is 1.53. The molecule has 0 atom stereocenters. The predicted molar refractivity (Wildman–Crippen MR) is 100 cm³/mol. The summed E-state index contributed by atoms with van der Waals surface area (Å²) in [5, 5.41) is 3.38. The highest BCUT2D eigenvalue weighted by atomic mass is 35.5. The third-order valence-electron chi connectivity index (χ3n) is 5.13. The maximum atomic E-state index is 12.7.